The molecule has 0 atom stereocenters. The molecular formula is C20H23N5O2. The molecule has 0 bridgehead atoms. The number of nitrogens with one attached hydrogen (secondary N) is 1. The number of carbonyl (C=O) groups excluding carboxylic acids is 1. The lowest BCUT2D eigenvalue weighted by Crippen LogP contribution is -2.46. The number of anilines is 3. The molecule has 1 aromatic heterocycles. The van der Waals surface area contributed by atoms with Crippen LogP contribution < -0.4 is 20.8 Å². The van der Waals surface area contributed by atoms with Gasteiger partial charge in [0.15, 0.2) is 0 Å². The Morgan fingerprint density at radius 1 is 0.889 bits per heavy atom. The van der Waals surface area contributed by atoms with Gasteiger partial charge in [-0.05, 0) is 24.3 Å². The summed E-state index contributed by atoms with van der Waals surface area (Å²) < 4.78 is 3.24. The Morgan fingerprint density at radius 2 is 1.48 bits per heavy atom. The molecule has 0 saturated carbocycles. The summed E-state index contributed by atoms with van der Waals surface area (Å²) in [5.41, 5.74) is 4.49. The number of hydrogen-bond acceptors (Lipinski definition) is 4. The lowest BCUT2D eigenvalue weighted by atomic mass is 10.1. The van der Waals surface area contributed by atoms with Gasteiger partial charge in [-0.2, -0.15) is 0 Å². The van der Waals surface area contributed by atoms with Crippen LogP contribution in [0.5, 0.6) is 0 Å². The van der Waals surface area contributed by atoms with E-state index in [0.29, 0.717) is 6.41 Å². The first-order valence-corrected chi connectivity index (χ1v) is 9.04. The van der Waals surface area contributed by atoms with Crippen molar-refractivity contribution < 1.29 is 4.79 Å². The maximum absolute atomic E-state index is 12.3. The quantitative estimate of drug-likeness (QED) is 0.716. The van der Waals surface area contributed by atoms with Crippen LogP contribution in [0.2, 0.25) is 0 Å². The van der Waals surface area contributed by atoms with Crippen molar-refractivity contribution in [2.75, 3.05) is 41.3 Å². The highest BCUT2D eigenvalue weighted by Crippen LogP contribution is 2.32. The Hall–Kier alpha value is -3.22. The van der Waals surface area contributed by atoms with Gasteiger partial charge in [-0.1, -0.05) is 18.2 Å². The number of benzene rings is 2. The summed E-state index contributed by atoms with van der Waals surface area (Å²) in [4.78, 5) is 28.0. The third kappa shape index (κ3) is 2.95. The third-order valence-electron chi connectivity index (χ3n) is 5.35. The number of rotatable bonds is 4. The van der Waals surface area contributed by atoms with Crippen LogP contribution in [0.15, 0.2) is 47.3 Å². The number of aromatic nitrogens is 2. The molecule has 1 aliphatic rings. The number of nitrogens with zero attached hydrogens (tertiary/aromatic N) is 4. The van der Waals surface area contributed by atoms with E-state index < -0.39 is 0 Å². The van der Waals surface area contributed by atoms with Gasteiger partial charge < -0.3 is 15.1 Å². The van der Waals surface area contributed by atoms with Gasteiger partial charge in [-0.15, -0.1) is 0 Å². The summed E-state index contributed by atoms with van der Waals surface area (Å²) in [6, 6.07) is 14.3. The van der Waals surface area contributed by atoms with E-state index in [9.17, 15) is 9.59 Å². The summed E-state index contributed by atoms with van der Waals surface area (Å²) in [5, 5.41) is 2.80. The molecule has 1 N–H and O–H groups in total. The Labute approximate surface area is 157 Å². The van der Waals surface area contributed by atoms with E-state index in [1.54, 1.807) is 23.2 Å². The zero-order valence-electron chi connectivity index (χ0n) is 15.6. The van der Waals surface area contributed by atoms with Crippen molar-refractivity contribution in [2.24, 2.45) is 14.1 Å². The van der Waals surface area contributed by atoms with Crippen LogP contribution in [0.1, 0.15) is 0 Å². The largest absolute Gasteiger partial charge is 0.368 e. The van der Waals surface area contributed by atoms with Crippen molar-refractivity contribution in [3.63, 3.8) is 0 Å². The van der Waals surface area contributed by atoms with Gasteiger partial charge in [0.1, 0.15) is 0 Å². The smallest absolute Gasteiger partial charge is 0.328 e. The van der Waals surface area contributed by atoms with Gasteiger partial charge in [0, 0.05) is 46.0 Å². The van der Waals surface area contributed by atoms with Crippen LogP contribution in [0.3, 0.4) is 0 Å². The second-order valence-electron chi connectivity index (χ2n) is 6.83. The first-order chi connectivity index (χ1) is 13.1. The minimum Gasteiger partial charge on any atom is -0.368 e. The van der Waals surface area contributed by atoms with Crippen molar-refractivity contribution in [3.05, 3.63) is 52.9 Å². The summed E-state index contributed by atoms with van der Waals surface area (Å²) in [7, 11) is 3.52. The first-order valence-electron chi connectivity index (χ1n) is 9.04. The van der Waals surface area contributed by atoms with E-state index in [-0.39, 0.29) is 5.69 Å². The minimum absolute atomic E-state index is 0.0758. The van der Waals surface area contributed by atoms with Crippen LogP contribution >= 0.6 is 0 Å². The van der Waals surface area contributed by atoms with Crippen LogP contribution in [0.4, 0.5) is 17.1 Å². The standard InChI is InChI=1S/C20H23N5O2/c1-22-18-12-16(21-14-26)17(13-19(18)23(2)20(22)27)25-10-8-24(9-11-25)15-6-4-3-5-7-15/h3-7,12-14H,8-11H2,1-2H3,(H,21,26). The molecule has 3 aromatic rings. The molecule has 1 fully saturated rings. The fourth-order valence-corrected chi connectivity index (χ4v) is 3.82. The molecule has 2 aromatic carbocycles. The van der Waals surface area contributed by atoms with E-state index in [1.165, 1.54) is 5.69 Å². The maximum Gasteiger partial charge on any atom is 0.328 e. The van der Waals surface area contributed by atoms with Gasteiger partial charge in [0.05, 0.1) is 22.4 Å². The topological polar surface area (TPSA) is 62.5 Å². The van der Waals surface area contributed by atoms with Crippen LogP contribution in [-0.4, -0.2) is 41.7 Å². The first kappa shape index (κ1) is 17.2. The van der Waals surface area contributed by atoms with Crippen LogP contribution in [-0.2, 0) is 18.9 Å². The van der Waals surface area contributed by atoms with Gasteiger partial charge >= 0.3 is 5.69 Å². The summed E-state index contributed by atoms with van der Waals surface area (Å²) in [6.07, 6.45) is 0.686. The second-order valence-corrected chi connectivity index (χ2v) is 6.83. The summed E-state index contributed by atoms with van der Waals surface area (Å²) >= 11 is 0. The van der Waals surface area contributed by atoms with E-state index in [1.807, 2.05) is 18.2 Å². The minimum atomic E-state index is -0.0758. The average Bonchev–Trinajstić information content (AvgIpc) is 2.92. The zero-order chi connectivity index (χ0) is 19.0. The molecule has 1 aliphatic heterocycles. The van der Waals surface area contributed by atoms with Crippen molar-refractivity contribution >= 4 is 34.5 Å². The third-order valence-corrected chi connectivity index (χ3v) is 5.35. The summed E-state index contributed by atoms with van der Waals surface area (Å²) in [5.74, 6) is 0. The van der Waals surface area contributed by atoms with E-state index in [0.717, 1.165) is 48.6 Å². The molecule has 4 rings (SSSR count). The fraction of sp³-hybridized carbons (Fsp3) is 0.300. The molecule has 27 heavy (non-hydrogen) atoms. The highest BCUT2D eigenvalue weighted by Gasteiger charge is 2.21. The normalized spacial score (nSPS) is 14.6. The number of hydrogen-bond donors (Lipinski definition) is 1. The SMILES string of the molecule is Cn1c(=O)n(C)c2cc(N3CCN(c4ccccc4)CC3)c(NC=O)cc21. The summed E-state index contributed by atoms with van der Waals surface area (Å²) in [6.45, 7) is 3.48. The monoisotopic (exact) mass is 365 g/mol. The predicted molar refractivity (Wildman–Crippen MR) is 109 cm³/mol. The van der Waals surface area contributed by atoms with Gasteiger partial charge in [0.2, 0.25) is 6.41 Å². The Kier molecular flexibility index (Phi) is 4.35. The lowest BCUT2D eigenvalue weighted by Gasteiger charge is -2.38. The molecule has 0 aliphatic carbocycles. The molecule has 7 nitrogen and oxygen atoms in total. The molecule has 2 heterocycles. The molecular weight excluding hydrogens is 342 g/mol. The number of para-hydroxylation sites is 1. The molecule has 7 heteroatoms. The molecule has 140 valence electrons. The number of imidazole rings is 1. The van der Waals surface area contributed by atoms with Crippen molar-refractivity contribution in [2.45, 2.75) is 0 Å². The van der Waals surface area contributed by atoms with E-state index >= 15 is 0 Å². The maximum atomic E-state index is 12.3. The highest BCUT2D eigenvalue weighted by atomic mass is 16.1. The molecule has 0 radical (unpaired) electrons. The number of aryl methyl sites for hydroxylation is 2. The lowest BCUT2D eigenvalue weighted by molar-refractivity contribution is -0.105. The second kappa shape index (κ2) is 6.83. The van der Waals surface area contributed by atoms with Crippen molar-refractivity contribution in [1.29, 1.82) is 0 Å². The molecule has 1 saturated heterocycles. The van der Waals surface area contributed by atoms with Gasteiger partial charge in [0.25, 0.3) is 0 Å². The molecule has 0 unspecified atom stereocenters. The highest BCUT2D eigenvalue weighted by molar-refractivity contribution is 5.92. The molecule has 0 spiro atoms. The number of amides is 1. The van der Waals surface area contributed by atoms with Crippen molar-refractivity contribution in [1.82, 2.24) is 9.13 Å². The Balaban J connectivity index is 1.67. The predicted octanol–water partition coefficient (Wildman–Crippen LogP) is 1.77. The van der Waals surface area contributed by atoms with Crippen LogP contribution in [0, 0.1) is 0 Å². The fourth-order valence-electron chi connectivity index (χ4n) is 3.82. The van der Waals surface area contributed by atoms with Gasteiger partial charge in [-0.25, -0.2) is 4.79 Å². The van der Waals surface area contributed by atoms with E-state index in [4.69, 9.17) is 0 Å². The zero-order valence-corrected chi connectivity index (χ0v) is 15.6. The number of fused-ring (bicyclic) bond motifs is 1. The number of carbonyl (C=O) groups is 1. The Morgan fingerprint density at radius 3 is 2.11 bits per heavy atom. The van der Waals surface area contributed by atoms with Gasteiger partial charge in [-0.3, -0.25) is 13.9 Å². The average molecular weight is 365 g/mol. The van der Waals surface area contributed by atoms with Crippen LogP contribution in [0.25, 0.3) is 11.0 Å². The Bertz CT molecular complexity index is 1030. The van der Waals surface area contributed by atoms with E-state index in [2.05, 4.69) is 39.4 Å². The number of piperazine rings is 1. The molecule has 1 amide bonds. The van der Waals surface area contributed by atoms with Crippen molar-refractivity contribution in [3.8, 4) is 0 Å².